The van der Waals surface area contributed by atoms with Crippen LogP contribution in [0, 0.1) is 0 Å². The van der Waals surface area contributed by atoms with Crippen LogP contribution in [0.1, 0.15) is 17.3 Å². The van der Waals surface area contributed by atoms with Crippen molar-refractivity contribution in [2.75, 3.05) is 39.3 Å². The molecule has 1 N–H and O–H groups in total. The summed E-state index contributed by atoms with van der Waals surface area (Å²) in [6.07, 6.45) is -0.144. The molecule has 136 valence electrons. The third-order valence-electron chi connectivity index (χ3n) is 4.57. The van der Waals surface area contributed by atoms with Crippen molar-refractivity contribution in [2.24, 2.45) is 0 Å². The smallest absolute Gasteiger partial charge is 0.254 e. The first-order valence-corrected chi connectivity index (χ1v) is 9.10. The van der Waals surface area contributed by atoms with Gasteiger partial charge in [-0.25, -0.2) is 0 Å². The fraction of sp³-hybridized carbons (Fsp3) is 0.529. The first-order valence-electron chi connectivity index (χ1n) is 8.35. The lowest BCUT2D eigenvalue weighted by Gasteiger charge is -2.38. The minimum absolute atomic E-state index is 0.0325. The SMILES string of the molecule is C[C@H]1OCCN[C@@H]1C(=O)N1CCN(C(=O)c2cc(Cl)cc(Cl)c2)CC1. The fourth-order valence-electron chi connectivity index (χ4n) is 3.20. The van der Waals surface area contributed by atoms with Gasteiger partial charge in [0, 0.05) is 48.3 Å². The highest BCUT2D eigenvalue weighted by Crippen LogP contribution is 2.21. The van der Waals surface area contributed by atoms with Crippen molar-refractivity contribution in [3.05, 3.63) is 33.8 Å². The number of amides is 2. The summed E-state index contributed by atoms with van der Waals surface area (Å²) in [5, 5.41) is 4.08. The Bertz CT molecular complexity index is 642. The number of ether oxygens (including phenoxy) is 1. The maximum absolute atomic E-state index is 12.6. The van der Waals surface area contributed by atoms with Gasteiger partial charge in [-0.1, -0.05) is 23.2 Å². The molecule has 1 aromatic carbocycles. The Morgan fingerprint density at radius 2 is 1.68 bits per heavy atom. The third-order valence-corrected chi connectivity index (χ3v) is 5.01. The summed E-state index contributed by atoms with van der Waals surface area (Å²) in [5.41, 5.74) is 0.466. The lowest BCUT2D eigenvalue weighted by Crippen LogP contribution is -2.60. The first kappa shape index (κ1) is 18.5. The van der Waals surface area contributed by atoms with Gasteiger partial charge in [-0.05, 0) is 25.1 Å². The standard InChI is InChI=1S/C17H21Cl2N3O3/c1-11-15(20-2-7-25-11)17(24)22-5-3-21(4-6-22)16(23)12-8-13(18)10-14(19)9-12/h8-11,15,20H,2-7H2,1H3/t11-,15+/m1/s1. The summed E-state index contributed by atoms with van der Waals surface area (Å²) >= 11 is 11.9. The molecule has 2 aliphatic rings. The Morgan fingerprint density at radius 1 is 1.08 bits per heavy atom. The van der Waals surface area contributed by atoms with Gasteiger partial charge in [-0.2, -0.15) is 0 Å². The topological polar surface area (TPSA) is 61.9 Å². The number of hydrogen-bond donors (Lipinski definition) is 1. The molecule has 8 heteroatoms. The molecular formula is C17H21Cl2N3O3. The Labute approximate surface area is 157 Å². The van der Waals surface area contributed by atoms with Crippen LogP contribution in [0.4, 0.5) is 0 Å². The van der Waals surface area contributed by atoms with Crippen molar-refractivity contribution in [1.82, 2.24) is 15.1 Å². The van der Waals surface area contributed by atoms with Gasteiger partial charge < -0.3 is 19.9 Å². The molecule has 2 amide bonds. The number of piperazine rings is 1. The Hall–Kier alpha value is -1.34. The Kier molecular flexibility index (Phi) is 5.84. The average molecular weight is 386 g/mol. The molecule has 2 aliphatic heterocycles. The van der Waals surface area contributed by atoms with E-state index in [9.17, 15) is 9.59 Å². The highest BCUT2D eigenvalue weighted by Gasteiger charge is 2.34. The number of nitrogens with zero attached hydrogens (tertiary/aromatic N) is 2. The monoisotopic (exact) mass is 385 g/mol. The molecule has 0 spiro atoms. The van der Waals surface area contributed by atoms with Crippen LogP contribution in [0.25, 0.3) is 0 Å². The summed E-state index contributed by atoms with van der Waals surface area (Å²) in [6.45, 7) is 5.17. The lowest BCUT2D eigenvalue weighted by molar-refractivity contribution is -0.140. The van der Waals surface area contributed by atoms with Crippen molar-refractivity contribution in [1.29, 1.82) is 0 Å². The quantitative estimate of drug-likeness (QED) is 0.840. The van der Waals surface area contributed by atoms with E-state index in [4.69, 9.17) is 27.9 Å². The molecule has 2 heterocycles. The zero-order valence-electron chi connectivity index (χ0n) is 14.0. The van der Waals surface area contributed by atoms with Gasteiger partial charge in [0.2, 0.25) is 5.91 Å². The predicted molar refractivity (Wildman–Crippen MR) is 96.2 cm³/mol. The number of carbonyl (C=O) groups is 2. The maximum atomic E-state index is 12.6. The van der Waals surface area contributed by atoms with Crippen LogP contribution in [0.3, 0.4) is 0 Å². The molecule has 3 rings (SSSR count). The van der Waals surface area contributed by atoms with E-state index < -0.39 is 0 Å². The molecule has 0 bridgehead atoms. The molecule has 6 nitrogen and oxygen atoms in total. The highest BCUT2D eigenvalue weighted by molar-refractivity contribution is 6.35. The molecular weight excluding hydrogens is 365 g/mol. The molecule has 2 saturated heterocycles. The molecule has 0 aliphatic carbocycles. The van der Waals surface area contributed by atoms with Gasteiger partial charge in [-0.3, -0.25) is 9.59 Å². The second kappa shape index (κ2) is 7.91. The van der Waals surface area contributed by atoms with Crippen molar-refractivity contribution >= 4 is 35.0 Å². The van der Waals surface area contributed by atoms with E-state index in [0.29, 0.717) is 54.9 Å². The number of carbonyl (C=O) groups excluding carboxylic acids is 2. The Morgan fingerprint density at radius 3 is 2.28 bits per heavy atom. The van der Waals surface area contributed by atoms with E-state index in [1.807, 2.05) is 6.92 Å². The number of morpholine rings is 1. The van der Waals surface area contributed by atoms with Gasteiger partial charge >= 0.3 is 0 Å². The van der Waals surface area contributed by atoms with E-state index in [2.05, 4.69) is 5.32 Å². The summed E-state index contributed by atoms with van der Waals surface area (Å²) in [6, 6.07) is 4.50. The normalized spacial score (nSPS) is 24.3. The van der Waals surface area contributed by atoms with Gasteiger partial charge in [0.15, 0.2) is 0 Å². The van der Waals surface area contributed by atoms with E-state index in [-0.39, 0.29) is 24.0 Å². The summed E-state index contributed by atoms with van der Waals surface area (Å²) in [7, 11) is 0. The Balaban J connectivity index is 1.59. The molecule has 2 atom stereocenters. The van der Waals surface area contributed by atoms with E-state index in [1.54, 1.807) is 28.0 Å². The zero-order valence-corrected chi connectivity index (χ0v) is 15.5. The van der Waals surface area contributed by atoms with Crippen LogP contribution in [0.5, 0.6) is 0 Å². The van der Waals surface area contributed by atoms with Crippen molar-refractivity contribution < 1.29 is 14.3 Å². The van der Waals surface area contributed by atoms with Gasteiger partial charge in [0.25, 0.3) is 5.91 Å². The molecule has 2 fully saturated rings. The predicted octanol–water partition coefficient (Wildman–Crippen LogP) is 1.65. The minimum Gasteiger partial charge on any atom is -0.375 e. The summed E-state index contributed by atoms with van der Waals surface area (Å²) in [4.78, 5) is 28.8. The highest BCUT2D eigenvalue weighted by atomic mass is 35.5. The third kappa shape index (κ3) is 4.26. The van der Waals surface area contributed by atoms with Gasteiger partial charge in [0.05, 0.1) is 12.7 Å². The second-order valence-electron chi connectivity index (χ2n) is 6.28. The van der Waals surface area contributed by atoms with Crippen molar-refractivity contribution in [3.63, 3.8) is 0 Å². The molecule has 0 aromatic heterocycles. The van der Waals surface area contributed by atoms with Crippen LogP contribution in [0.2, 0.25) is 10.0 Å². The average Bonchev–Trinajstić information content (AvgIpc) is 2.60. The molecule has 0 saturated carbocycles. The van der Waals surface area contributed by atoms with E-state index in [0.717, 1.165) is 0 Å². The van der Waals surface area contributed by atoms with Crippen LogP contribution >= 0.6 is 23.2 Å². The fourth-order valence-corrected chi connectivity index (χ4v) is 3.72. The maximum Gasteiger partial charge on any atom is 0.254 e. The molecule has 25 heavy (non-hydrogen) atoms. The number of nitrogens with one attached hydrogen (secondary N) is 1. The lowest BCUT2D eigenvalue weighted by atomic mass is 10.1. The minimum atomic E-state index is -0.317. The second-order valence-corrected chi connectivity index (χ2v) is 7.16. The number of rotatable bonds is 2. The van der Waals surface area contributed by atoms with E-state index in [1.165, 1.54) is 0 Å². The first-order chi connectivity index (χ1) is 12.0. The van der Waals surface area contributed by atoms with Gasteiger partial charge in [0.1, 0.15) is 6.04 Å². The van der Waals surface area contributed by atoms with Crippen LogP contribution < -0.4 is 5.32 Å². The molecule has 1 aromatic rings. The van der Waals surface area contributed by atoms with Gasteiger partial charge in [-0.15, -0.1) is 0 Å². The number of halogens is 2. The zero-order chi connectivity index (χ0) is 18.0. The van der Waals surface area contributed by atoms with Crippen LogP contribution in [0.15, 0.2) is 18.2 Å². The van der Waals surface area contributed by atoms with Crippen LogP contribution in [-0.2, 0) is 9.53 Å². The van der Waals surface area contributed by atoms with Crippen molar-refractivity contribution in [2.45, 2.75) is 19.1 Å². The van der Waals surface area contributed by atoms with E-state index >= 15 is 0 Å². The van der Waals surface area contributed by atoms with Crippen molar-refractivity contribution in [3.8, 4) is 0 Å². The molecule has 0 radical (unpaired) electrons. The largest absolute Gasteiger partial charge is 0.375 e. The summed E-state index contributed by atoms with van der Waals surface area (Å²) in [5.74, 6) is -0.0888. The molecule has 0 unspecified atom stereocenters. The number of benzene rings is 1. The number of hydrogen-bond acceptors (Lipinski definition) is 4. The van der Waals surface area contributed by atoms with Crippen LogP contribution in [-0.4, -0.2) is 73.1 Å². The summed E-state index contributed by atoms with van der Waals surface area (Å²) < 4.78 is 5.54.